The molecule has 0 aliphatic heterocycles. The summed E-state index contributed by atoms with van der Waals surface area (Å²) in [7, 11) is 0.894. The number of benzene rings is 2. The molecule has 0 aliphatic carbocycles. The second kappa shape index (κ2) is 5.46. The van der Waals surface area contributed by atoms with E-state index in [0.717, 1.165) is 31.5 Å². The fourth-order valence-corrected chi connectivity index (χ4v) is 1.93. The molecule has 21 heavy (non-hydrogen) atoms. The summed E-state index contributed by atoms with van der Waals surface area (Å²) in [5.74, 6) is 0. The minimum Gasteiger partial charge on any atom is -0.166 e. The molecule has 2 aromatic carbocycles. The Bertz CT molecular complexity index is 574. The van der Waals surface area contributed by atoms with Crippen LogP contribution in [0.4, 0.5) is 26.3 Å². The first kappa shape index (κ1) is 15.5. The largest absolute Gasteiger partial charge is 0.415 e. The highest BCUT2D eigenvalue weighted by Crippen LogP contribution is 2.29. The summed E-state index contributed by atoms with van der Waals surface area (Å²) in [4.78, 5) is 0. The van der Waals surface area contributed by atoms with E-state index in [1.807, 2.05) is 0 Å². The van der Waals surface area contributed by atoms with Crippen molar-refractivity contribution in [3.05, 3.63) is 59.7 Å². The standard InChI is InChI=1S/C14H8BF6/c16-13(17,18)9-5-1-3-7-11(9)15-12-8-4-2-6-10(12)14(19,20)21/h1-8H. The first-order valence-corrected chi connectivity index (χ1v) is 5.87. The zero-order valence-electron chi connectivity index (χ0n) is 10.5. The first-order chi connectivity index (χ1) is 9.69. The van der Waals surface area contributed by atoms with Crippen molar-refractivity contribution in [1.29, 1.82) is 0 Å². The predicted octanol–water partition coefficient (Wildman–Crippen LogP) is 3.38. The van der Waals surface area contributed by atoms with Gasteiger partial charge in [-0.2, -0.15) is 26.3 Å². The molecular formula is C14H8BF6. The van der Waals surface area contributed by atoms with Crippen LogP contribution in [0.5, 0.6) is 0 Å². The van der Waals surface area contributed by atoms with Crippen LogP contribution >= 0.6 is 0 Å². The average Bonchev–Trinajstić information content (AvgIpc) is 2.37. The van der Waals surface area contributed by atoms with Crippen LogP contribution in [0.15, 0.2) is 48.5 Å². The lowest BCUT2D eigenvalue weighted by Gasteiger charge is -2.15. The van der Waals surface area contributed by atoms with E-state index in [-0.39, 0.29) is 10.9 Å². The van der Waals surface area contributed by atoms with Gasteiger partial charge in [0.05, 0.1) is 0 Å². The Hall–Kier alpha value is -1.92. The lowest BCUT2D eigenvalue weighted by Crippen LogP contribution is -2.36. The second-order valence-corrected chi connectivity index (χ2v) is 4.31. The first-order valence-electron chi connectivity index (χ1n) is 5.87. The molecule has 7 heteroatoms. The van der Waals surface area contributed by atoms with Crippen molar-refractivity contribution < 1.29 is 26.3 Å². The van der Waals surface area contributed by atoms with Crippen LogP contribution in [-0.2, 0) is 12.4 Å². The predicted molar refractivity (Wildman–Crippen MR) is 67.9 cm³/mol. The number of rotatable bonds is 2. The third kappa shape index (κ3) is 3.59. The number of halogens is 6. The molecule has 0 fully saturated rings. The van der Waals surface area contributed by atoms with Crippen LogP contribution in [0.25, 0.3) is 0 Å². The van der Waals surface area contributed by atoms with Gasteiger partial charge in [0.2, 0.25) is 0 Å². The van der Waals surface area contributed by atoms with Gasteiger partial charge in [0.25, 0.3) is 0 Å². The summed E-state index contributed by atoms with van der Waals surface area (Å²) in [5, 5.41) is 0. The smallest absolute Gasteiger partial charge is 0.166 e. The molecule has 0 bridgehead atoms. The van der Waals surface area contributed by atoms with Gasteiger partial charge in [0.1, 0.15) is 0 Å². The van der Waals surface area contributed by atoms with Gasteiger partial charge in [-0.1, -0.05) is 59.5 Å². The van der Waals surface area contributed by atoms with E-state index in [0.29, 0.717) is 0 Å². The van der Waals surface area contributed by atoms with Gasteiger partial charge < -0.3 is 0 Å². The van der Waals surface area contributed by atoms with Crippen molar-refractivity contribution in [3.8, 4) is 0 Å². The molecule has 2 rings (SSSR count). The highest BCUT2D eigenvalue weighted by molar-refractivity contribution is 6.68. The van der Waals surface area contributed by atoms with Crippen molar-refractivity contribution in [3.63, 3.8) is 0 Å². The highest BCUT2D eigenvalue weighted by atomic mass is 19.4. The third-order valence-electron chi connectivity index (χ3n) is 2.84. The fourth-order valence-electron chi connectivity index (χ4n) is 1.93. The Morgan fingerprint density at radius 2 is 0.905 bits per heavy atom. The van der Waals surface area contributed by atoms with Gasteiger partial charge in [0, 0.05) is 11.1 Å². The minimum atomic E-state index is -4.62. The molecule has 2 aromatic rings. The van der Waals surface area contributed by atoms with Crippen LogP contribution in [0.3, 0.4) is 0 Å². The van der Waals surface area contributed by atoms with Crippen molar-refractivity contribution in [1.82, 2.24) is 0 Å². The normalized spacial score (nSPS) is 12.3. The summed E-state index contributed by atoms with van der Waals surface area (Å²) in [6.45, 7) is 0. The minimum absolute atomic E-state index is 0.304. The Kier molecular flexibility index (Phi) is 4.03. The van der Waals surface area contributed by atoms with Gasteiger partial charge in [-0.05, 0) is 0 Å². The SMILES string of the molecule is FC(F)(F)c1ccccc1[B]c1ccccc1C(F)(F)F. The van der Waals surface area contributed by atoms with Crippen molar-refractivity contribution in [2.75, 3.05) is 0 Å². The molecule has 0 spiro atoms. The molecule has 1 radical (unpaired) electrons. The Labute approximate surface area is 117 Å². The monoisotopic (exact) mass is 301 g/mol. The molecule has 0 atom stereocenters. The van der Waals surface area contributed by atoms with E-state index in [2.05, 4.69) is 0 Å². The van der Waals surface area contributed by atoms with E-state index >= 15 is 0 Å². The molecular weight excluding hydrogens is 293 g/mol. The maximum absolute atomic E-state index is 12.8. The van der Waals surface area contributed by atoms with E-state index in [1.165, 1.54) is 24.3 Å². The molecule has 0 aliphatic rings. The van der Waals surface area contributed by atoms with Gasteiger partial charge in [-0.3, -0.25) is 0 Å². The third-order valence-corrected chi connectivity index (χ3v) is 2.84. The van der Waals surface area contributed by atoms with Crippen LogP contribution < -0.4 is 10.9 Å². The maximum atomic E-state index is 12.8. The van der Waals surface area contributed by atoms with Crippen molar-refractivity contribution in [2.45, 2.75) is 12.4 Å². The molecule has 0 aromatic heterocycles. The zero-order chi connectivity index (χ0) is 15.7. The lowest BCUT2D eigenvalue weighted by atomic mass is 9.61. The van der Waals surface area contributed by atoms with Gasteiger partial charge in [0.15, 0.2) is 7.28 Å². The second-order valence-electron chi connectivity index (χ2n) is 4.31. The van der Waals surface area contributed by atoms with E-state index in [1.54, 1.807) is 0 Å². The molecule has 0 N–H and O–H groups in total. The van der Waals surface area contributed by atoms with Gasteiger partial charge >= 0.3 is 12.4 Å². The topological polar surface area (TPSA) is 0 Å². The van der Waals surface area contributed by atoms with Crippen LogP contribution in [-0.4, -0.2) is 7.28 Å². The number of hydrogen-bond acceptors (Lipinski definition) is 0. The summed E-state index contributed by atoms with van der Waals surface area (Å²) in [6.07, 6.45) is -9.25. The number of hydrogen-bond donors (Lipinski definition) is 0. The van der Waals surface area contributed by atoms with Gasteiger partial charge in [-0.25, -0.2) is 0 Å². The van der Waals surface area contributed by atoms with Crippen LogP contribution in [0, 0.1) is 0 Å². The average molecular weight is 301 g/mol. The van der Waals surface area contributed by atoms with E-state index in [4.69, 9.17) is 0 Å². The van der Waals surface area contributed by atoms with Crippen molar-refractivity contribution in [2.24, 2.45) is 0 Å². The number of alkyl halides is 6. The maximum Gasteiger partial charge on any atom is 0.415 e. The summed E-state index contributed by atoms with van der Waals surface area (Å²) in [6, 6.07) is 9.01. The lowest BCUT2D eigenvalue weighted by molar-refractivity contribution is -0.137. The molecule has 0 saturated carbocycles. The zero-order valence-corrected chi connectivity index (χ0v) is 10.5. The van der Waals surface area contributed by atoms with Gasteiger partial charge in [-0.15, -0.1) is 0 Å². The molecule has 109 valence electrons. The Balaban J connectivity index is 2.45. The Morgan fingerprint density at radius 3 is 1.24 bits per heavy atom. The highest BCUT2D eigenvalue weighted by Gasteiger charge is 2.35. The Morgan fingerprint density at radius 1 is 0.571 bits per heavy atom. The van der Waals surface area contributed by atoms with Crippen LogP contribution in [0.2, 0.25) is 0 Å². The molecule has 0 amide bonds. The molecule has 0 heterocycles. The molecule has 0 unspecified atom stereocenters. The van der Waals surface area contributed by atoms with Crippen LogP contribution in [0.1, 0.15) is 11.1 Å². The summed E-state index contributed by atoms with van der Waals surface area (Å²) < 4.78 is 77.1. The summed E-state index contributed by atoms with van der Waals surface area (Å²) in [5.41, 5.74) is -2.55. The fraction of sp³-hybridized carbons (Fsp3) is 0.143. The molecule has 0 nitrogen and oxygen atoms in total. The quantitative estimate of drug-likeness (QED) is 0.589. The van der Waals surface area contributed by atoms with E-state index in [9.17, 15) is 26.3 Å². The summed E-state index contributed by atoms with van der Waals surface area (Å²) >= 11 is 0. The van der Waals surface area contributed by atoms with E-state index < -0.39 is 23.5 Å². The molecule has 0 saturated heterocycles. The van der Waals surface area contributed by atoms with Crippen molar-refractivity contribution >= 4 is 18.2 Å².